The zero-order valence-corrected chi connectivity index (χ0v) is 18.4. The third-order valence-electron chi connectivity index (χ3n) is 6.90. The molecule has 0 aromatic rings. The van der Waals surface area contributed by atoms with Gasteiger partial charge >= 0.3 is 0 Å². The van der Waals surface area contributed by atoms with Crippen LogP contribution in [0.25, 0.3) is 0 Å². The van der Waals surface area contributed by atoms with Gasteiger partial charge in [-0.1, -0.05) is 84.0 Å². The van der Waals surface area contributed by atoms with E-state index in [1.54, 1.807) is 0 Å². The third kappa shape index (κ3) is 8.13. The van der Waals surface area contributed by atoms with Gasteiger partial charge in [0.05, 0.1) is 0 Å². The van der Waals surface area contributed by atoms with E-state index in [-0.39, 0.29) is 0 Å². The first-order valence-electron chi connectivity index (χ1n) is 12.2. The average molecular weight is 393 g/mol. The van der Waals surface area contributed by atoms with Crippen molar-refractivity contribution in [1.82, 2.24) is 9.80 Å². The average Bonchev–Trinajstić information content (AvgIpc) is 2.69. The lowest BCUT2D eigenvalue weighted by molar-refractivity contribution is -0.141. The fraction of sp³-hybridized carbons (Fsp3) is 0.917. The predicted molar refractivity (Wildman–Crippen MR) is 116 cm³/mol. The van der Waals surface area contributed by atoms with Crippen LogP contribution in [0.5, 0.6) is 0 Å². The minimum absolute atomic E-state index is 0.327. The van der Waals surface area contributed by atoms with E-state index < -0.39 is 0 Å². The van der Waals surface area contributed by atoms with E-state index >= 15 is 0 Å². The predicted octanol–water partition coefficient (Wildman–Crippen LogP) is 5.55. The van der Waals surface area contributed by atoms with Gasteiger partial charge in [-0.15, -0.1) is 0 Å². The van der Waals surface area contributed by atoms with Crippen LogP contribution in [0.15, 0.2) is 0 Å². The lowest BCUT2D eigenvalue weighted by atomic mass is 9.72. The van der Waals surface area contributed by atoms with Crippen molar-refractivity contribution in [1.29, 1.82) is 0 Å². The molecular formula is C24H44N2O2. The van der Waals surface area contributed by atoms with Crippen molar-refractivity contribution in [3.63, 3.8) is 0 Å². The molecule has 162 valence electrons. The summed E-state index contributed by atoms with van der Waals surface area (Å²) in [5.74, 6) is 0.351. The minimum atomic E-state index is 0.327. The van der Waals surface area contributed by atoms with Crippen LogP contribution in [0.1, 0.15) is 110 Å². The fourth-order valence-electron chi connectivity index (χ4n) is 4.89. The normalized spacial score (nSPS) is 18.3. The van der Waals surface area contributed by atoms with Gasteiger partial charge in [0.2, 0.25) is 12.3 Å². The maximum atomic E-state index is 12.4. The smallest absolute Gasteiger partial charge is 0.222 e. The Hall–Kier alpha value is -1.06. The van der Waals surface area contributed by atoms with Crippen LogP contribution >= 0.6 is 0 Å². The number of amides is 2. The number of hydrogen-bond acceptors (Lipinski definition) is 2. The number of nitrogens with zero attached hydrogens (tertiary/aromatic N) is 2. The van der Waals surface area contributed by atoms with Crippen molar-refractivity contribution in [3.8, 4) is 0 Å². The maximum absolute atomic E-state index is 12.4. The Balaban J connectivity index is 1.36. The molecule has 2 fully saturated rings. The summed E-state index contributed by atoms with van der Waals surface area (Å²) in [6, 6.07) is 0. The Morgan fingerprint density at radius 3 is 1.71 bits per heavy atom. The highest BCUT2D eigenvalue weighted by Crippen LogP contribution is 2.39. The van der Waals surface area contributed by atoms with Gasteiger partial charge in [-0.25, -0.2) is 0 Å². The minimum Gasteiger partial charge on any atom is -0.344 e. The van der Waals surface area contributed by atoms with Crippen LogP contribution in [-0.4, -0.2) is 48.3 Å². The van der Waals surface area contributed by atoms with Crippen LogP contribution < -0.4 is 0 Å². The summed E-state index contributed by atoms with van der Waals surface area (Å²) in [5, 5.41) is 0. The summed E-state index contributed by atoms with van der Waals surface area (Å²) >= 11 is 0. The Kier molecular flexibility index (Phi) is 11.0. The van der Waals surface area contributed by atoms with Gasteiger partial charge in [-0.3, -0.25) is 9.59 Å². The molecule has 0 N–H and O–H groups in total. The van der Waals surface area contributed by atoms with Gasteiger partial charge in [0.15, 0.2) is 0 Å². The van der Waals surface area contributed by atoms with Crippen molar-refractivity contribution in [2.24, 2.45) is 5.41 Å². The van der Waals surface area contributed by atoms with E-state index in [0.29, 0.717) is 11.3 Å². The highest BCUT2D eigenvalue weighted by atomic mass is 16.2. The Bertz CT molecular complexity index is 436. The number of carbonyl (C=O) groups excluding carboxylic acids is 2. The molecule has 0 saturated carbocycles. The van der Waals surface area contributed by atoms with Gasteiger partial charge in [-0.2, -0.15) is 0 Å². The molecule has 2 amide bonds. The van der Waals surface area contributed by atoms with Crippen molar-refractivity contribution >= 4 is 12.3 Å². The molecule has 0 aliphatic carbocycles. The molecule has 4 nitrogen and oxygen atoms in total. The summed E-state index contributed by atoms with van der Waals surface area (Å²) in [4.78, 5) is 27.1. The molecule has 4 heteroatoms. The monoisotopic (exact) mass is 392 g/mol. The second-order valence-corrected chi connectivity index (χ2v) is 9.38. The van der Waals surface area contributed by atoms with Crippen LogP contribution in [0.4, 0.5) is 0 Å². The fourth-order valence-corrected chi connectivity index (χ4v) is 4.89. The van der Waals surface area contributed by atoms with E-state index in [9.17, 15) is 9.59 Å². The molecule has 0 aromatic carbocycles. The number of carbonyl (C=O) groups is 2. The largest absolute Gasteiger partial charge is 0.344 e. The maximum Gasteiger partial charge on any atom is 0.222 e. The topological polar surface area (TPSA) is 40.6 Å². The Morgan fingerprint density at radius 1 is 0.786 bits per heavy atom. The van der Waals surface area contributed by atoms with Crippen LogP contribution in [0, 0.1) is 5.41 Å². The Labute approximate surface area is 173 Å². The molecule has 0 aromatic heterocycles. The highest BCUT2D eigenvalue weighted by molar-refractivity contribution is 5.76. The quantitative estimate of drug-likeness (QED) is 0.271. The Morgan fingerprint density at radius 2 is 1.25 bits per heavy atom. The second kappa shape index (κ2) is 13.2. The van der Waals surface area contributed by atoms with Gasteiger partial charge in [-0.05, 0) is 19.3 Å². The number of likely N-dealkylation sites (tertiary alicyclic amines) is 2. The van der Waals surface area contributed by atoms with Crippen molar-refractivity contribution in [2.45, 2.75) is 110 Å². The first-order valence-corrected chi connectivity index (χ1v) is 12.2. The molecule has 1 spiro atoms. The van der Waals surface area contributed by atoms with Gasteiger partial charge in [0.1, 0.15) is 0 Å². The third-order valence-corrected chi connectivity index (χ3v) is 6.90. The van der Waals surface area contributed by atoms with Gasteiger partial charge in [0.25, 0.3) is 0 Å². The molecular weight excluding hydrogens is 348 g/mol. The molecule has 2 aliphatic rings. The molecule has 0 unspecified atom stereocenters. The summed E-state index contributed by atoms with van der Waals surface area (Å²) in [7, 11) is 0. The lowest BCUT2D eigenvalue weighted by Gasteiger charge is -2.52. The number of piperidine rings is 1. The molecule has 28 heavy (non-hydrogen) atoms. The van der Waals surface area contributed by atoms with E-state index in [2.05, 4.69) is 11.8 Å². The first-order chi connectivity index (χ1) is 13.7. The molecule has 2 rings (SSSR count). The van der Waals surface area contributed by atoms with Crippen LogP contribution in [0.3, 0.4) is 0 Å². The number of unbranched alkanes of at least 4 members (excludes halogenated alkanes) is 12. The molecule has 0 bridgehead atoms. The first kappa shape index (κ1) is 23.2. The second-order valence-electron chi connectivity index (χ2n) is 9.38. The van der Waals surface area contributed by atoms with Crippen molar-refractivity contribution < 1.29 is 9.59 Å². The molecule has 2 saturated heterocycles. The summed E-state index contributed by atoms with van der Waals surface area (Å²) in [6.45, 7) is 5.86. The standard InChI is InChI=1S/C24H44N2O2/c1-2-3-4-5-6-7-8-9-10-11-12-13-14-15-23(28)26-18-16-24(17-19-26)20-25(21-24)22-27/h22H,2-21H2,1H3. The van der Waals surface area contributed by atoms with Crippen LogP contribution in [0.2, 0.25) is 0 Å². The lowest BCUT2D eigenvalue weighted by Crippen LogP contribution is -2.60. The van der Waals surface area contributed by atoms with E-state index in [1.807, 2.05) is 4.90 Å². The zero-order chi connectivity index (χ0) is 20.1. The molecule has 0 radical (unpaired) electrons. The zero-order valence-electron chi connectivity index (χ0n) is 18.4. The summed E-state index contributed by atoms with van der Waals surface area (Å²) in [6.07, 6.45) is 21.3. The number of hydrogen-bond donors (Lipinski definition) is 0. The molecule has 0 atom stereocenters. The van der Waals surface area contributed by atoms with Gasteiger partial charge in [0, 0.05) is 38.0 Å². The van der Waals surface area contributed by atoms with E-state index in [0.717, 1.165) is 58.3 Å². The van der Waals surface area contributed by atoms with E-state index in [1.165, 1.54) is 77.0 Å². The summed E-state index contributed by atoms with van der Waals surface area (Å²) < 4.78 is 0. The van der Waals surface area contributed by atoms with Crippen molar-refractivity contribution in [2.75, 3.05) is 26.2 Å². The molecule has 2 aliphatic heterocycles. The summed E-state index contributed by atoms with van der Waals surface area (Å²) in [5.41, 5.74) is 0.327. The van der Waals surface area contributed by atoms with Gasteiger partial charge < -0.3 is 9.80 Å². The van der Waals surface area contributed by atoms with Crippen molar-refractivity contribution in [3.05, 3.63) is 0 Å². The van der Waals surface area contributed by atoms with E-state index in [4.69, 9.17) is 0 Å². The highest BCUT2D eigenvalue weighted by Gasteiger charge is 2.44. The SMILES string of the molecule is CCCCCCCCCCCCCCCC(=O)N1CCC2(CC1)CN(C=O)C2. The molecule has 2 heterocycles. The van der Waals surface area contributed by atoms with Crippen LogP contribution in [-0.2, 0) is 9.59 Å². The number of rotatable bonds is 15.